The highest BCUT2D eigenvalue weighted by Gasteiger charge is 2.33. The summed E-state index contributed by atoms with van der Waals surface area (Å²) in [5.41, 5.74) is 0.370. The van der Waals surface area contributed by atoms with Crippen LogP contribution in [0, 0.1) is 5.41 Å². The van der Waals surface area contributed by atoms with Crippen LogP contribution < -0.4 is 5.32 Å². The van der Waals surface area contributed by atoms with Gasteiger partial charge in [0.15, 0.2) is 0 Å². The number of piperazine rings is 1. The lowest BCUT2D eigenvalue weighted by Crippen LogP contribution is -2.60. The molecule has 18 heavy (non-hydrogen) atoms. The maximum absolute atomic E-state index is 3.77. The summed E-state index contributed by atoms with van der Waals surface area (Å²) in [6.45, 7) is 13.0. The van der Waals surface area contributed by atoms with Crippen molar-refractivity contribution in [2.45, 2.75) is 59.0 Å². The maximum atomic E-state index is 3.77. The van der Waals surface area contributed by atoms with Crippen LogP contribution in [0.5, 0.6) is 0 Å². The summed E-state index contributed by atoms with van der Waals surface area (Å²) < 4.78 is 0. The quantitative estimate of drug-likeness (QED) is 0.747. The predicted molar refractivity (Wildman–Crippen MR) is 84.5 cm³/mol. The van der Waals surface area contributed by atoms with Gasteiger partial charge in [0.1, 0.15) is 0 Å². The van der Waals surface area contributed by atoms with Gasteiger partial charge in [-0.25, -0.2) is 0 Å². The van der Waals surface area contributed by atoms with Crippen molar-refractivity contribution in [3.8, 4) is 0 Å². The van der Waals surface area contributed by atoms with Gasteiger partial charge in [-0.05, 0) is 36.8 Å². The molecule has 1 heterocycles. The maximum Gasteiger partial charge on any atom is 0.0244 e. The zero-order valence-electron chi connectivity index (χ0n) is 13.0. The average Bonchev–Trinajstić information content (AvgIpc) is 2.30. The Bertz CT molecular complexity index is 225. The summed E-state index contributed by atoms with van der Waals surface area (Å²) >= 11 is 1.97. The van der Waals surface area contributed by atoms with Crippen LogP contribution in [0.1, 0.15) is 47.0 Å². The van der Waals surface area contributed by atoms with Crippen LogP contribution in [-0.4, -0.2) is 48.6 Å². The van der Waals surface area contributed by atoms with Gasteiger partial charge in [0.25, 0.3) is 0 Å². The molecule has 0 amide bonds. The number of rotatable bonds is 6. The van der Waals surface area contributed by atoms with E-state index < -0.39 is 0 Å². The molecule has 1 fully saturated rings. The smallest absolute Gasteiger partial charge is 0.0244 e. The van der Waals surface area contributed by atoms with E-state index in [-0.39, 0.29) is 0 Å². The second-order valence-electron chi connectivity index (χ2n) is 6.61. The third kappa shape index (κ3) is 5.10. The Balaban J connectivity index is 2.52. The lowest BCUT2D eigenvalue weighted by Gasteiger charge is -2.45. The molecular formula is C15H32N2S. The summed E-state index contributed by atoms with van der Waals surface area (Å²) in [5, 5.41) is 3.77. The Hall–Kier alpha value is 0.270. The Morgan fingerprint density at radius 2 is 2.06 bits per heavy atom. The third-order valence-electron chi connectivity index (χ3n) is 3.99. The first-order valence-corrected chi connectivity index (χ1v) is 8.84. The van der Waals surface area contributed by atoms with Crippen molar-refractivity contribution in [3.63, 3.8) is 0 Å². The van der Waals surface area contributed by atoms with E-state index in [2.05, 4.69) is 44.2 Å². The Kier molecular flexibility index (Phi) is 7.04. The molecule has 2 atom stereocenters. The average molecular weight is 273 g/mol. The molecule has 3 heteroatoms. The lowest BCUT2D eigenvalue weighted by atomic mass is 9.84. The summed E-state index contributed by atoms with van der Waals surface area (Å²) in [6, 6.07) is 1.40. The molecule has 0 aliphatic carbocycles. The molecule has 0 spiro atoms. The largest absolute Gasteiger partial charge is 0.311 e. The second-order valence-corrected chi connectivity index (χ2v) is 7.60. The Morgan fingerprint density at radius 1 is 1.33 bits per heavy atom. The van der Waals surface area contributed by atoms with Gasteiger partial charge in [0.05, 0.1) is 0 Å². The first-order valence-electron chi connectivity index (χ1n) is 7.45. The monoisotopic (exact) mass is 272 g/mol. The SMILES string of the molecule is CCCC1CNC(C(C)(C)C)CN1CCCSC. The molecule has 1 aliphatic heterocycles. The van der Waals surface area contributed by atoms with Crippen molar-refractivity contribution in [3.05, 3.63) is 0 Å². The molecule has 0 aromatic heterocycles. The van der Waals surface area contributed by atoms with Crippen LogP contribution in [0.3, 0.4) is 0 Å². The lowest BCUT2D eigenvalue weighted by molar-refractivity contribution is 0.0813. The third-order valence-corrected chi connectivity index (χ3v) is 4.69. The first-order chi connectivity index (χ1) is 8.49. The van der Waals surface area contributed by atoms with E-state index >= 15 is 0 Å². The minimum Gasteiger partial charge on any atom is -0.311 e. The fraction of sp³-hybridized carbons (Fsp3) is 1.00. The van der Waals surface area contributed by atoms with E-state index in [1.165, 1.54) is 44.6 Å². The molecule has 0 bridgehead atoms. The van der Waals surface area contributed by atoms with Gasteiger partial charge >= 0.3 is 0 Å². The fourth-order valence-corrected chi connectivity index (χ4v) is 3.16. The highest BCUT2D eigenvalue weighted by atomic mass is 32.2. The summed E-state index contributed by atoms with van der Waals surface area (Å²) in [7, 11) is 0. The summed E-state index contributed by atoms with van der Waals surface area (Å²) in [4.78, 5) is 2.74. The van der Waals surface area contributed by atoms with E-state index in [0.717, 1.165) is 6.04 Å². The molecule has 0 aromatic rings. The van der Waals surface area contributed by atoms with E-state index in [9.17, 15) is 0 Å². The molecule has 0 saturated carbocycles. The van der Waals surface area contributed by atoms with Crippen molar-refractivity contribution in [1.82, 2.24) is 10.2 Å². The van der Waals surface area contributed by atoms with Gasteiger partial charge in [0, 0.05) is 25.2 Å². The van der Waals surface area contributed by atoms with Gasteiger partial charge < -0.3 is 5.32 Å². The Labute approximate surface area is 118 Å². The molecular weight excluding hydrogens is 240 g/mol. The molecule has 2 nitrogen and oxygen atoms in total. The molecule has 0 aromatic carbocycles. The van der Waals surface area contributed by atoms with Crippen LogP contribution in [0.4, 0.5) is 0 Å². The van der Waals surface area contributed by atoms with Crippen molar-refractivity contribution in [1.29, 1.82) is 0 Å². The van der Waals surface area contributed by atoms with Crippen molar-refractivity contribution in [2.75, 3.05) is 31.6 Å². The molecule has 1 rings (SSSR count). The molecule has 108 valence electrons. The zero-order valence-corrected chi connectivity index (χ0v) is 13.8. The van der Waals surface area contributed by atoms with E-state index in [4.69, 9.17) is 0 Å². The normalized spacial score (nSPS) is 26.5. The molecule has 1 N–H and O–H groups in total. The standard InChI is InChI=1S/C15H32N2S/c1-6-8-13-11-16-14(15(2,3)4)12-17(13)9-7-10-18-5/h13-14,16H,6-12H2,1-5H3. The number of nitrogens with one attached hydrogen (secondary N) is 1. The first kappa shape index (κ1) is 16.3. The van der Waals surface area contributed by atoms with Gasteiger partial charge in [-0.1, -0.05) is 34.1 Å². The van der Waals surface area contributed by atoms with E-state index in [1.54, 1.807) is 0 Å². The number of thioether (sulfide) groups is 1. The van der Waals surface area contributed by atoms with Crippen LogP contribution in [-0.2, 0) is 0 Å². The van der Waals surface area contributed by atoms with Crippen LogP contribution >= 0.6 is 11.8 Å². The summed E-state index contributed by atoms with van der Waals surface area (Å²) in [5.74, 6) is 1.29. The second kappa shape index (κ2) is 7.76. The van der Waals surface area contributed by atoms with Crippen molar-refractivity contribution in [2.24, 2.45) is 5.41 Å². The molecule has 1 saturated heterocycles. The molecule has 0 radical (unpaired) electrons. The van der Waals surface area contributed by atoms with Gasteiger partial charge in [-0.2, -0.15) is 11.8 Å². The predicted octanol–water partition coefficient (Wildman–Crippen LogP) is 3.23. The number of hydrogen-bond acceptors (Lipinski definition) is 3. The minimum absolute atomic E-state index is 0.370. The number of nitrogens with zero attached hydrogens (tertiary/aromatic N) is 1. The molecule has 2 unspecified atom stereocenters. The highest BCUT2D eigenvalue weighted by Crippen LogP contribution is 2.24. The van der Waals surface area contributed by atoms with E-state index in [1.807, 2.05) is 11.8 Å². The van der Waals surface area contributed by atoms with Crippen molar-refractivity contribution >= 4 is 11.8 Å². The molecule has 1 aliphatic rings. The van der Waals surface area contributed by atoms with Gasteiger partial charge in [0.2, 0.25) is 0 Å². The van der Waals surface area contributed by atoms with E-state index in [0.29, 0.717) is 11.5 Å². The Morgan fingerprint density at radius 3 is 2.61 bits per heavy atom. The van der Waals surface area contributed by atoms with Crippen LogP contribution in [0.25, 0.3) is 0 Å². The fourth-order valence-electron chi connectivity index (χ4n) is 2.74. The van der Waals surface area contributed by atoms with Gasteiger partial charge in [-0.3, -0.25) is 4.90 Å². The van der Waals surface area contributed by atoms with Crippen molar-refractivity contribution < 1.29 is 0 Å². The van der Waals surface area contributed by atoms with Crippen LogP contribution in [0.15, 0.2) is 0 Å². The van der Waals surface area contributed by atoms with Crippen LogP contribution in [0.2, 0.25) is 0 Å². The highest BCUT2D eigenvalue weighted by molar-refractivity contribution is 7.98. The zero-order chi connectivity index (χ0) is 13.6. The number of hydrogen-bond donors (Lipinski definition) is 1. The van der Waals surface area contributed by atoms with Gasteiger partial charge in [-0.15, -0.1) is 0 Å². The minimum atomic E-state index is 0.370. The topological polar surface area (TPSA) is 15.3 Å². The summed E-state index contributed by atoms with van der Waals surface area (Å²) in [6.07, 6.45) is 6.17.